The van der Waals surface area contributed by atoms with Crippen LogP contribution in [0.15, 0.2) is 0 Å². The van der Waals surface area contributed by atoms with E-state index in [1.165, 1.54) is 0 Å². The molecule has 1 unspecified atom stereocenters. The molecule has 0 aromatic rings. The predicted octanol–water partition coefficient (Wildman–Crippen LogP) is -0.473. The van der Waals surface area contributed by atoms with Gasteiger partial charge in [-0.15, -0.1) is 0 Å². The highest BCUT2D eigenvalue weighted by Crippen LogP contribution is 2.08. The molecule has 0 spiro atoms. The van der Waals surface area contributed by atoms with E-state index in [2.05, 4.69) is 17.1 Å². The number of amides is 1. The van der Waals surface area contributed by atoms with Crippen LogP contribution in [0, 0.1) is 0 Å². The molecular weight excluding hydrogens is 218 g/mol. The summed E-state index contributed by atoms with van der Waals surface area (Å²) in [6.07, 6.45) is 0.174. The Hall–Kier alpha value is -0.650. The molecule has 2 fully saturated rings. The minimum atomic E-state index is 0.174. The summed E-state index contributed by atoms with van der Waals surface area (Å²) in [5, 5.41) is 3.25. The van der Waals surface area contributed by atoms with E-state index in [1.54, 1.807) is 0 Å². The minimum Gasteiger partial charge on any atom is -0.375 e. The van der Waals surface area contributed by atoms with Gasteiger partial charge < -0.3 is 15.0 Å². The Morgan fingerprint density at radius 2 is 2.29 bits per heavy atom. The summed E-state index contributed by atoms with van der Waals surface area (Å²) < 4.78 is 5.45. The van der Waals surface area contributed by atoms with Crippen molar-refractivity contribution in [3.63, 3.8) is 0 Å². The number of hydrogen-bond acceptors (Lipinski definition) is 4. The smallest absolute Gasteiger partial charge is 0.236 e. The van der Waals surface area contributed by atoms with E-state index in [-0.39, 0.29) is 12.0 Å². The maximum atomic E-state index is 12.2. The molecule has 0 aromatic heterocycles. The van der Waals surface area contributed by atoms with E-state index >= 15 is 0 Å². The number of carbonyl (C=O) groups is 1. The van der Waals surface area contributed by atoms with Crippen molar-refractivity contribution in [2.75, 3.05) is 45.9 Å². The highest BCUT2D eigenvalue weighted by Gasteiger charge is 2.28. The first-order valence-corrected chi connectivity index (χ1v) is 6.55. The summed E-state index contributed by atoms with van der Waals surface area (Å²) in [7, 11) is 0. The third-order valence-corrected chi connectivity index (χ3v) is 3.61. The predicted molar refractivity (Wildman–Crippen MR) is 65.9 cm³/mol. The van der Waals surface area contributed by atoms with Gasteiger partial charge in [0.2, 0.25) is 5.91 Å². The number of rotatable bonds is 4. The van der Waals surface area contributed by atoms with E-state index < -0.39 is 0 Å². The van der Waals surface area contributed by atoms with Gasteiger partial charge in [0.15, 0.2) is 0 Å². The van der Waals surface area contributed by atoms with Gasteiger partial charge >= 0.3 is 0 Å². The Morgan fingerprint density at radius 1 is 1.53 bits per heavy atom. The fourth-order valence-corrected chi connectivity index (χ4v) is 2.35. The van der Waals surface area contributed by atoms with Crippen LogP contribution < -0.4 is 5.32 Å². The molecule has 1 atom stereocenters. The van der Waals surface area contributed by atoms with Crippen LogP contribution in [0.1, 0.15) is 13.8 Å². The van der Waals surface area contributed by atoms with Gasteiger partial charge in [-0.25, -0.2) is 0 Å². The zero-order valence-electron chi connectivity index (χ0n) is 10.8. The molecule has 5 heteroatoms. The minimum absolute atomic E-state index is 0.174. The van der Waals surface area contributed by atoms with Gasteiger partial charge in [-0.2, -0.15) is 0 Å². The molecule has 0 radical (unpaired) electrons. The first kappa shape index (κ1) is 12.8. The molecule has 17 heavy (non-hydrogen) atoms. The molecule has 2 saturated heterocycles. The average Bonchev–Trinajstić information content (AvgIpc) is 2.25. The molecule has 0 bridgehead atoms. The van der Waals surface area contributed by atoms with Crippen molar-refractivity contribution in [2.45, 2.75) is 26.0 Å². The van der Waals surface area contributed by atoms with E-state index in [0.717, 1.165) is 32.7 Å². The van der Waals surface area contributed by atoms with Crippen LogP contribution in [-0.2, 0) is 9.53 Å². The highest BCUT2D eigenvalue weighted by molar-refractivity contribution is 5.78. The Bertz CT molecular complexity index is 268. The van der Waals surface area contributed by atoms with Crippen LogP contribution in [0.3, 0.4) is 0 Å². The van der Waals surface area contributed by atoms with E-state index in [9.17, 15) is 4.79 Å². The summed E-state index contributed by atoms with van der Waals surface area (Å²) >= 11 is 0. The molecule has 2 rings (SSSR count). The number of ether oxygens (including phenoxy) is 1. The lowest BCUT2D eigenvalue weighted by Gasteiger charge is -2.39. The fourth-order valence-electron chi connectivity index (χ4n) is 2.35. The molecule has 1 N–H and O–H groups in total. The molecule has 2 aliphatic rings. The molecule has 5 nitrogen and oxygen atoms in total. The number of nitrogens with one attached hydrogen (secondary N) is 1. The van der Waals surface area contributed by atoms with Gasteiger partial charge in [-0.3, -0.25) is 9.69 Å². The third-order valence-electron chi connectivity index (χ3n) is 3.61. The summed E-state index contributed by atoms with van der Waals surface area (Å²) in [5.41, 5.74) is 0. The van der Waals surface area contributed by atoms with Crippen LogP contribution in [0.4, 0.5) is 0 Å². The molecule has 98 valence electrons. The number of likely N-dealkylation sites (N-methyl/N-ethyl adjacent to an activating group) is 1. The Labute approximate surface area is 103 Å². The van der Waals surface area contributed by atoms with Crippen molar-refractivity contribution < 1.29 is 9.53 Å². The normalized spacial score (nSPS) is 26.1. The summed E-state index contributed by atoms with van der Waals surface area (Å²) in [4.78, 5) is 16.4. The lowest BCUT2D eigenvalue weighted by atomic mass is 10.1. The molecule has 0 saturated carbocycles. The zero-order valence-corrected chi connectivity index (χ0v) is 10.8. The molecule has 2 aliphatic heterocycles. The van der Waals surface area contributed by atoms with E-state index in [0.29, 0.717) is 19.2 Å². The Kier molecular flexibility index (Phi) is 4.36. The Balaban J connectivity index is 1.81. The van der Waals surface area contributed by atoms with Crippen molar-refractivity contribution in [3.05, 3.63) is 0 Å². The summed E-state index contributed by atoms with van der Waals surface area (Å²) in [6.45, 7) is 9.81. The van der Waals surface area contributed by atoms with Crippen molar-refractivity contribution in [3.8, 4) is 0 Å². The van der Waals surface area contributed by atoms with Gasteiger partial charge in [-0.05, 0) is 13.5 Å². The summed E-state index contributed by atoms with van der Waals surface area (Å²) in [6, 6.07) is 0.544. The lowest BCUT2D eigenvalue weighted by molar-refractivity contribution is -0.140. The first-order valence-electron chi connectivity index (χ1n) is 6.55. The number of morpholine rings is 1. The van der Waals surface area contributed by atoms with Crippen molar-refractivity contribution in [1.82, 2.24) is 15.1 Å². The zero-order chi connectivity index (χ0) is 12.3. The van der Waals surface area contributed by atoms with Crippen LogP contribution in [-0.4, -0.2) is 73.7 Å². The van der Waals surface area contributed by atoms with Crippen molar-refractivity contribution in [1.29, 1.82) is 0 Å². The molecule has 1 amide bonds. The quantitative estimate of drug-likeness (QED) is 0.722. The standard InChI is InChI=1S/C12H23N3O2/c1-3-14(11-6-13-7-11)9-12(16)15-4-5-17-10(2)8-15/h10-11,13H,3-9H2,1-2H3. The van der Waals surface area contributed by atoms with Gasteiger partial charge in [0.05, 0.1) is 19.3 Å². The second-order valence-electron chi connectivity index (χ2n) is 4.90. The van der Waals surface area contributed by atoms with Crippen molar-refractivity contribution >= 4 is 5.91 Å². The lowest BCUT2D eigenvalue weighted by Crippen LogP contribution is -2.59. The van der Waals surface area contributed by atoms with Crippen LogP contribution in [0.25, 0.3) is 0 Å². The third kappa shape index (κ3) is 3.18. The number of nitrogens with zero attached hydrogens (tertiary/aromatic N) is 2. The average molecular weight is 241 g/mol. The maximum Gasteiger partial charge on any atom is 0.236 e. The number of hydrogen-bond donors (Lipinski definition) is 1. The van der Waals surface area contributed by atoms with Crippen LogP contribution >= 0.6 is 0 Å². The van der Waals surface area contributed by atoms with E-state index in [4.69, 9.17) is 4.74 Å². The van der Waals surface area contributed by atoms with Gasteiger partial charge in [0.1, 0.15) is 0 Å². The van der Waals surface area contributed by atoms with Crippen molar-refractivity contribution in [2.24, 2.45) is 0 Å². The van der Waals surface area contributed by atoms with Gasteiger partial charge in [0, 0.05) is 32.2 Å². The van der Waals surface area contributed by atoms with Gasteiger partial charge in [-0.1, -0.05) is 6.92 Å². The maximum absolute atomic E-state index is 12.2. The topological polar surface area (TPSA) is 44.8 Å². The van der Waals surface area contributed by atoms with Crippen LogP contribution in [0.5, 0.6) is 0 Å². The SMILES string of the molecule is CCN(CC(=O)N1CCOC(C)C1)C1CNC1. The molecule has 2 heterocycles. The molecule has 0 aliphatic carbocycles. The molecule has 0 aromatic carbocycles. The largest absolute Gasteiger partial charge is 0.375 e. The summed E-state index contributed by atoms with van der Waals surface area (Å²) in [5.74, 6) is 0.244. The van der Waals surface area contributed by atoms with E-state index in [1.807, 2.05) is 11.8 Å². The first-order chi connectivity index (χ1) is 8.20. The van der Waals surface area contributed by atoms with Gasteiger partial charge in [0.25, 0.3) is 0 Å². The second-order valence-corrected chi connectivity index (χ2v) is 4.90. The van der Waals surface area contributed by atoms with Crippen LogP contribution in [0.2, 0.25) is 0 Å². The monoisotopic (exact) mass is 241 g/mol. The molecular formula is C12H23N3O2. The Morgan fingerprint density at radius 3 is 2.82 bits per heavy atom. The number of carbonyl (C=O) groups excluding carboxylic acids is 1. The second kappa shape index (κ2) is 5.80. The highest BCUT2D eigenvalue weighted by atomic mass is 16.5. The fraction of sp³-hybridized carbons (Fsp3) is 0.917.